The first kappa shape index (κ1) is 23.2. The molecule has 4 atom stereocenters. The van der Waals surface area contributed by atoms with E-state index in [1.807, 2.05) is 24.3 Å². The minimum absolute atomic E-state index is 0.234. The van der Waals surface area contributed by atoms with Crippen LogP contribution in [0.1, 0.15) is 64.5 Å². The normalized spacial score (nSPS) is 16.6. The maximum Gasteiger partial charge on any atom is 0.307 e. The van der Waals surface area contributed by atoms with E-state index in [9.17, 15) is 9.90 Å². The lowest BCUT2D eigenvalue weighted by atomic mass is 9.55. The van der Waals surface area contributed by atoms with E-state index in [1.54, 1.807) is 0 Å². The van der Waals surface area contributed by atoms with Gasteiger partial charge >= 0.3 is 5.97 Å². The van der Waals surface area contributed by atoms with Gasteiger partial charge in [0.2, 0.25) is 0 Å². The van der Waals surface area contributed by atoms with Crippen LogP contribution in [0.4, 0.5) is 0 Å². The van der Waals surface area contributed by atoms with Gasteiger partial charge in [0.15, 0.2) is 0 Å². The average Bonchev–Trinajstić information content (AvgIpc) is 2.74. The molecule has 0 radical (unpaired) electrons. The summed E-state index contributed by atoms with van der Waals surface area (Å²) < 4.78 is 0. The van der Waals surface area contributed by atoms with Gasteiger partial charge in [-0.3, -0.25) is 4.79 Å². The summed E-state index contributed by atoms with van der Waals surface area (Å²) in [5.74, 6) is -0.330. The van der Waals surface area contributed by atoms with Crippen molar-refractivity contribution in [3.63, 3.8) is 0 Å². The number of aryl methyl sites for hydroxylation is 1. The summed E-state index contributed by atoms with van der Waals surface area (Å²) >= 11 is 0. The SMILES string of the molecule is CCCC(C)C(CCc1ccccc1)(C(C)CC)C(Cc1ccccc1)C(=O)O. The van der Waals surface area contributed by atoms with Crippen molar-refractivity contribution in [3.05, 3.63) is 71.8 Å². The van der Waals surface area contributed by atoms with Crippen LogP contribution in [-0.2, 0) is 17.6 Å². The highest BCUT2D eigenvalue weighted by atomic mass is 16.4. The third-order valence-electron chi connectivity index (χ3n) is 7.09. The van der Waals surface area contributed by atoms with E-state index in [0.29, 0.717) is 18.3 Å². The molecular weight excluding hydrogens is 356 g/mol. The summed E-state index contributed by atoms with van der Waals surface area (Å²) in [5, 5.41) is 10.4. The van der Waals surface area contributed by atoms with Gasteiger partial charge in [0.1, 0.15) is 0 Å². The van der Waals surface area contributed by atoms with E-state index in [2.05, 4.69) is 64.1 Å². The van der Waals surface area contributed by atoms with Gasteiger partial charge in [0.05, 0.1) is 5.92 Å². The van der Waals surface area contributed by atoms with E-state index < -0.39 is 5.97 Å². The molecule has 158 valence electrons. The molecule has 0 spiro atoms. The van der Waals surface area contributed by atoms with Crippen molar-refractivity contribution in [1.29, 1.82) is 0 Å². The lowest BCUT2D eigenvalue weighted by molar-refractivity contribution is -0.152. The Morgan fingerprint density at radius 3 is 1.93 bits per heavy atom. The summed E-state index contributed by atoms with van der Waals surface area (Å²) in [6, 6.07) is 20.7. The quantitative estimate of drug-likeness (QED) is 0.419. The predicted octanol–water partition coefficient (Wildman–Crippen LogP) is 7.03. The molecule has 0 aliphatic heterocycles. The molecule has 29 heavy (non-hydrogen) atoms. The van der Waals surface area contributed by atoms with Crippen molar-refractivity contribution in [2.24, 2.45) is 23.2 Å². The molecule has 0 amide bonds. The monoisotopic (exact) mass is 394 g/mol. The second-order valence-electron chi connectivity index (χ2n) is 8.68. The standard InChI is InChI=1S/C27H38O2/c1-5-13-22(4)27(21(3)6-2,19-18-23-14-9-7-10-15-23)25(26(28)29)20-24-16-11-8-12-17-24/h7-12,14-17,21-22,25H,5-6,13,18-20H2,1-4H3,(H,28,29). The van der Waals surface area contributed by atoms with Crippen LogP contribution in [0, 0.1) is 23.2 Å². The van der Waals surface area contributed by atoms with Gasteiger partial charge in [-0.05, 0) is 47.6 Å². The Morgan fingerprint density at radius 1 is 0.897 bits per heavy atom. The van der Waals surface area contributed by atoms with E-state index >= 15 is 0 Å². The van der Waals surface area contributed by atoms with Gasteiger partial charge in [0.25, 0.3) is 0 Å². The van der Waals surface area contributed by atoms with Crippen molar-refractivity contribution in [1.82, 2.24) is 0 Å². The molecule has 0 aliphatic rings. The molecule has 0 fully saturated rings. The highest BCUT2D eigenvalue weighted by Gasteiger charge is 2.49. The highest BCUT2D eigenvalue weighted by Crippen LogP contribution is 2.51. The minimum atomic E-state index is -0.648. The Labute approximate surface area is 177 Å². The average molecular weight is 395 g/mol. The maximum atomic E-state index is 12.7. The van der Waals surface area contributed by atoms with Gasteiger partial charge < -0.3 is 5.11 Å². The molecule has 0 aliphatic carbocycles. The Hall–Kier alpha value is -2.09. The molecule has 0 heterocycles. The van der Waals surface area contributed by atoms with Crippen LogP contribution in [-0.4, -0.2) is 11.1 Å². The Balaban J connectivity index is 2.48. The van der Waals surface area contributed by atoms with Gasteiger partial charge in [-0.1, -0.05) is 108 Å². The van der Waals surface area contributed by atoms with E-state index in [-0.39, 0.29) is 11.3 Å². The predicted molar refractivity (Wildman–Crippen MR) is 122 cm³/mol. The zero-order valence-corrected chi connectivity index (χ0v) is 18.6. The van der Waals surface area contributed by atoms with Gasteiger partial charge in [-0.2, -0.15) is 0 Å². The molecule has 1 N–H and O–H groups in total. The third kappa shape index (κ3) is 5.72. The molecule has 0 saturated carbocycles. The fourth-order valence-corrected chi connectivity index (χ4v) is 5.28. The van der Waals surface area contributed by atoms with Crippen LogP contribution < -0.4 is 0 Å². The third-order valence-corrected chi connectivity index (χ3v) is 7.09. The van der Waals surface area contributed by atoms with Crippen molar-refractivity contribution in [3.8, 4) is 0 Å². The van der Waals surface area contributed by atoms with Crippen molar-refractivity contribution < 1.29 is 9.90 Å². The second kappa shape index (κ2) is 11.2. The number of hydrogen-bond donors (Lipinski definition) is 1. The Morgan fingerprint density at radius 2 is 1.45 bits per heavy atom. The van der Waals surface area contributed by atoms with Crippen molar-refractivity contribution in [2.45, 2.75) is 66.2 Å². The first-order valence-corrected chi connectivity index (χ1v) is 11.3. The number of rotatable bonds is 12. The number of carbonyl (C=O) groups is 1. The maximum absolute atomic E-state index is 12.7. The highest BCUT2D eigenvalue weighted by molar-refractivity contribution is 5.71. The number of benzene rings is 2. The van der Waals surface area contributed by atoms with Crippen LogP contribution in [0.2, 0.25) is 0 Å². The second-order valence-corrected chi connectivity index (χ2v) is 8.68. The molecule has 2 rings (SSSR count). The topological polar surface area (TPSA) is 37.3 Å². The fourth-order valence-electron chi connectivity index (χ4n) is 5.28. The Kier molecular flexibility index (Phi) is 8.95. The van der Waals surface area contributed by atoms with Crippen LogP contribution >= 0.6 is 0 Å². The van der Waals surface area contributed by atoms with E-state index in [0.717, 1.165) is 37.7 Å². The first-order valence-electron chi connectivity index (χ1n) is 11.3. The molecule has 0 aromatic heterocycles. The molecule has 0 saturated heterocycles. The fraction of sp³-hybridized carbons (Fsp3) is 0.519. The van der Waals surface area contributed by atoms with Crippen molar-refractivity contribution >= 4 is 5.97 Å². The first-order chi connectivity index (χ1) is 14.0. The number of carboxylic acids is 1. The summed E-state index contributed by atoms with van der Waals surface area (Å²) in [5.41, 5.74) is 2.19. The van der Waals surface area contributed by atoms with E-state index in [1.165, 1.54) is 5.56 Å². The van der Waals surface area contributed by atoms with Crippen LogP contribution in [0.25, 0.3) is 0 Å². The summed E-state index contributed by atoms with van der Waals surface area (Å²) in [7, 11) is 0. The summed E-state index contributed by atoms with van der Waals surface area (Å²) in [6.07, 6.45) is 5.60. The zero-order valence-electron chi connectivity index (χ0n) is 18.6. The largest absolute Gasteiger partial charge is 0.481 e. The number of aliphatic carboxylic acids is 1. The lowest BCUT2D eigenvalue weighted by Crippen LogP contribution is -2.47. The molecule has 2 aromatic rings. The van der Waals surface area contributed by atoms with Crippen LogP contribution in [0.5, 0.6) is 0 Å². The molecule has 0 bridgehead atoms. The van der Waals surface area contributed by atoms with Crippen molar-refractivity contribution in [2.75, 3.05) is 0 Å². The number of hydrogen-bond acceptors (Lipinski definition) is 1. The lowest BCUT2D eigenvalue weighted by Gasteiger charge is -2.48. The molecule has 4 unspecified atom stereocenters. The van der Waals surface area contributed by atoms with Gasteiger partial charge in [-0.15, -0.1) is 0 Å². The molecule has 2 aromatic carbocycles. The summed E-state index contributed by atoms with van der Waals surface area (Å²) in [6.45, 7) is 8.99. The molecule has 2 nitrogen and oxygen atoms in total. The number of carboxylic acid groups (broad SMARTS) is 1. The molecular formula is C27H38O2. The summed E-state index contributed by atoms with van der Waals surface area (Å²) in [4.78, 5) is 12.7. The zero-order chi connectivity index (χ0) is 21.3. The minimum Gasteiger partial charge on any atom is -0.481 e. The van der Waals surface area contributed by atoms with Gasteiger partial charge in [-0.25, -0.2) is 0 Å². The van der Waals surface area contributed by atoms with E-state index in [4.69, 9.17) is 0 Å². The van der Waals surface area contributed by atoms with Crippen LogP contribution in [0.15, 0.2) is 60.7 Å². The van der Waals surface area contributed by atoms with Crippen LogP contribution in [0.3, 0.4) is 0 Å². The molecule has 2 heteroatoms. The Bertz CT molecular complexity index is 725. The smallest absolute Gasteiger partial charge is 0.307 e. The van der Waals surface area contributed by atoms with Gasteiger partial charge in [0, 0.05) is 0 Å².